The second-order valence-corrected chi connectivity index (χ2v) is 21.5. The lowest BCUT2D eigenvalue weighted by atomic mass is 9.83. The van der Waals surface area contributed by atoms with Gasteiger partial charge in [0.15, 0.2) is 11.8 Å². The van der Waals surface area contributed by atoms with Crippen LogP contribution in [0.2, 0.25) is 0 Å². The lowest BCUT2D eigenvalue weighted by Gasteiger charge is -2.35. The average molecular weight is 940 g/mol. The zero-order valence-electron chi connectivity index (χ0n) is 39.2. The second-order valence-electron chi connectivity index (χ2n) is 19.8. The molecule has 1 saturated heterocycles. The summed E-state index contributed by atoms with van der Waals surface area (Å²) in [4.78, 5) is 50.3. The molecule has 352 valence electrons. The number of carbonyl (C=O) groups excluding carboxylic acids is 2. The summed E-state index contributed by atoms with van der Waals surface area (Å²) in [5, 5.41) is 13.6. The summed E-state index contributed by atoms with van der Waals surface area (Å²) >= 11 is 0. The van der Waals surface area contributed by atoms with Crippen LogP contribution in [-0.2, 0) is 32.3 Å². The lowest BCUT2D eigenvalue weighted by Crippen LogP contribution is -2.41. The molecule has 3 aromatic heterocycles. The number of hydrogen-bond acceptors (Lipinski definition) is 11. The fourth-order valence-electron chi connectivity index (χ4n) is 11.1. The van der Waals surface area contributed by atoms with Gasteiger partial charge in [0.25, 0.3) is 5.91 Å². The van der Waals surface area contributed by atoms with Gasteiger partial charge in [0, 0.05) is 66.4 Å². The third-order valence-electron chi connectivity index (χ3n) is 14.8. The maximum absolute atomic E-state index is 15.6. The van der Waals surface area contributed by atoms with E-state index in [-0.39, 0.29) is 40.2 Å². The Morgan fingerprint density at radius 2 is 1.74 bits per heavy atom. The maximum Gasteiger partial charge on any atom is 0.438 e. The Hall–Kier alpha value is -6.55. The Balaban J connectivity index is 1.02. The smallest absolute Gasteiger partial charge is 0.387 e. The van der Waals surface area contributed by atoms with Gasteiger partial charge in [-0.1, -0.05) is 18.1 Å². The van der Waals surface area contributed by atoms with Gasteiger partial charge in [0.2, 0.25) is 5.82 Å². The number of nitrogens with one attached hydrogen (secondary N) is 2. The quantitative estimate of drug-likeness (QED) is 0.127. The zero-order valence-corrected chi connectivity index (χ0v) is 40.0. The van der Waals surface area contributed by atoms with E-state index < -0.39 is 28.1 Å². The van der Waals surface area contributed by atoms with Gasteiger partial charge in [0.1, 0.15) is 22.9 Å². The molecular weight excluding hydrogens is 886 g/mol. The molecule has 2 aliphatic carbocycles. The lowest BCUT2D eigenvalue weighted by molar-refractivity contribution is -0.0592. The van der Waals surface area contributed by atoms with Crippen molar-refractivity contribution in [2.24, 2.45) is 5.92 Å². The van der Waals surface area contributed by atoms with Crippen LogP contribution in [0.25, 0.3) is 16.6 Å². The van der Waals surface area contributed by atoms with Gasteiger partial charge in [-0.25, -0.2) is 18.7 Å². The number of nitrogens with zero attached hydrogens (tertiary/aromatic N) is 7. The first-order chi connectivity index (χ1) is 32.6. The molecule has 0 spiro atoms. The molecule has 3 aromatic carbocycles. The second kappa shape index (κ2) is 16.0. The van der Waals surface area contributed by atoms with Crippen molar-refractivity contribution in [2.75, 3.05) is 35.3 Å². The highest BCUT2D eigenvalue weighted by atomic mass is 32.2. The predicted octanol–water partition coefficient (Wildman–Crippen LogP) is 8.26. The molecule has 5 aliphatic rings. The molecule has 1 amide bonds. The molecule has 5 atom stereocenters. The molecule has 3 fully saturated rings. The number of aromatic nitrogens is 5. The number of aromatic amines is 1. The van der Waals surface area contributed by atoms with E-state index in [4.69, 9.17) is 14.4 Å². The Morgan fingerprint density at radius 3 is 2.40 bits per heavy atom. The Bertz CT molecular complexity index is 3220. The first-order valence-electron chi connectivity index (χ1n) is 23.4. The molecule has 2 N–H and O–H groups in total. The number of ether oxygens (including phenoxy) is 1. The molecule has 1 unspecified atom stereocenters. The highest BCUT2D eigenvalue weighted by Gasteiger charge is 2.59. The molecule has 6 heterocycles. The first-order valence-corrected chi connectivity index (χ1v) is 24.6. The van der Waals surface area contributed by atoms with Crippen LogP contribution < -0.4 is 20.9 Å². The number of benzene rings is 3. The van der Waals surface area contributed by atoms with Gasteiger partial charge in [0.05, 0.1) is 44.4 Å². The van der Waals surface area contributed by atoms with Crippen LogP contribution in [0.15, 0.2) is 87.0 Å². The summed E-state index contributed by atoms with van der Waals surface area (Å²) in [6, 6.07) is 16.8. The standard InChI is InChI=1S/C51H54FN9O6S/c1-28-20-36(21-29(2)45(28)52)61-46(59-18-17-58(43(59)27-62)35-9-13-42(39(24-35)53-7)68(65)37-10-11-37)44-31(4)57(16-14-38(44)55-61)47(63)41-23-34-22-32(33-15-19-66-50(5,6)26-33)8-12-40(34)60(41)51(25-30(51)3)48-54-49(64)67-56-48/h8-9,12-13,17-18,20-24,30-31,33,37,53H,10-11,14-16,19,25-26H2,1-7H3,(H,54,56,64)/t30-,31-,33-,51-,68?/m0/s1. The van der Waals surface area contributed by atoms with Gasteiger partial charge in [-0.15, -0.1) is 0 Å². The van der Waals surface area contributed by atoms with E-state index in [1.807, 2.05) is 36.1 Å². The van der Waals surface area contributed by atoms with Crippen LogP contribution >= 0.6 is 0 Å². The third kappa shape index (κ3) is 6.99. The van der Waals surface area contributed by atoms with Crippen LogP contribution in [0.1, 0.15) is 116 Å². The van der Waals surface area contributed by atoms with Crippen molar-refractivity contribution in [3.8, 4) is 5.69 Å². The largest absolute Gasteiger partial charge is 0.438 e. The summed E-state index contributed by atoms with van der Waals surface area (Å²) in [5.74, 6) is 2.29. The topological polar surface area (TPSA) is 164 Å². The number of carbonyl (C=O) groups is 1. The summed E-state index contributed by atoms with van der Waals surface area (Å²) in [5.41, 5.74) is 5.62. The maximum atomic E-state index is 15.6. The molecule has 2 saturated carbocycles. The van der Waals surface area contributed by atoms with Gasteiger partial charge < -0.3 is 19.5 Å². The van der Waals surface area contributed by atoms with Crippen molar-refractivity contribution in [1.82, 2.24) is 29.4 Å². The van der Waals surface area contributed by atoms with Gasteiger partial charge in [-0.2, -0.15) is 5.10 Å². The van der Waals surface area contributed by atoms with Crippen molar-refractivity contribution in [1.29, 1.82) is 0 Å². The number of rotatable bonds is 10. The summed E-state index contributed by atoms with van der Waals surface area (Å²) in [7, 11) is 0.625. The molecule has 15 nitrogen and oxygen atoms in total. The van der Waals surface area contributed by atoms with E-state index in [1.54, 1.807) is 59.9 Å². The van der Waals surface area contributed by atoms with Crippen molar-refractivity contribution in [3.05, 3.63) is 129 Å². The third-order valence-corrected chi connectivity index (χ3v) is 16.7. The van der Waals surface area contributed by atoms with E-state index >= 15 is 9.18 Å². The highest BCUT2D eigenvalue weighted by molar-refractivity contribution is 7.86. The normalized spacial score (nSPS) is 23.6. The molecule has 3 aliphatic heterocycles. The molecule has 6 aromatic rings. The predicted molar refractivity (Wildman–Crippen MR) is 257 cm³/mol. The molecule has 0 bridgehead atoms. The minimum Gasteiger partial charge on any atom is -0.387 e. The number of halogens is 1. The molecule has 68 heavy (non-hydrogen) atoms. The van der Waals surface area contributed by atoms with Crippen LogP contribution in [0.3, 0.4) is 0 Å². The number of H-pyrrole nitrogens is 1. The number of fused-ring (bicyclic) bond motifs is 2. The summed E-state index contributed by atoms with van der Waals surface area (Å²) < 4.78 is 43.5. The van der Waals surface area contributed by atoms with E-state index in [1.165, 1.54) is 5.56 Å². The van der Waals surface area contributed by atoms with Crippen LogP contribution in [0.4, 0.5) is 21.6 Å². The van der Waals surface area contributed by atoms with Crippen molar-refractivity contribution < 1.29 is 27.4 Å². The number of anilines is 3. The van der Waals surface area contributed by atoms with Gasteiger partial charge >= 0.3 is 5.76 Å². The van der Waals surface area contributed by atoms with Gasteiger partial charge in [-0.05, 0) is 144 Å². The minimum absolute atomic E-state index is 0.0124. The first kappa shape index (κ1) is 44.0. The fourth-order valence-corrected chi connectivity index (χ4v) is 12.6. The zero-order chi connectivity index (χ0) is 47.6. The molecule has 11 rings (SSSR count). The van der Waals surface area contributed by atoms with E-state index in [0.29, 0.717) is 76.4 Å². The average Bonchev–Trinajstić information content (AvgIpc) is 4.01. The Labute approximate surface area is 395 Å². The summed E-state index contributed by atoms with van der Waals surface area (Å²) in [6.45, 7) is 12.7. The SMILES string of the molecule is CNc1cc(N2C=CN(c3c4c(nn3-c3cc(C)c(F)c(C)c3)CCN(C(=O)c3cc5cc([C@H]6CCOC(C)(C)C6)ccc5n3[C@@]3(c5noc(=O)[nH]5)C[C@@H]3C)[C@H]4C)C2=C=O)ccc1S(=O)C1CC1. The number of aryl methyl sites for hydroxylation is 2. The minimum atomic E-state index is -1.16. The monoisotopic (exact) mass is 939 g/mol. The highest BCUT2D eigenvalue weighted by Crippen LogP contribution is 2.56. The number of hydrogen-bond donors (Lipinski definition) is 2. The Kier molecular flexibility index (Phi) is 10.4. The van der Waals surface area contributed by atoms with Crippen LogP contribution in [0.5, 0.6) is 0 Å². The number of amides is 1. The summed E-state index contributed by atoms with van der Waals surface area (Å²) in [6.07, 6.45) is 8.16. The molecule has 0 radical (unpaired) electrons. The van der Waals surface area contributed by atoms with Crippen LogP contribution in [-0.4, -0.2) is 76.5 Å². The van der Waals surface area contributed by atoms with Crippen molar-refractivity contribution in [3.63, 3.8) is 0 Å². The van der Waals surface area contributed by atoms with Crippen LogP contribution in [0, 0.1) is 25.6 Å². The van der Waals surface area contributed by atoms with Crippen molar-refractivity contribution in [2.45, 2.75) is 113 Å². The van der Waals surface area contributed by atoms with E-state index in [0.717, 1.165) is 47.8 Å². The Morgan fingerprint density at radius 1 is 0.985 bits per heavy atom. The van der Waals surface area contributed by atoms with Crippen molar-refractivity contribution >= 4 is 50.7 Å². The van der Waals surface area contributed by atoms with E-state index in [9.17, 15) is 13.8 Å². The van der Waals surface area contributed by atoms with Gasteiger partial charge in [-0.3, -0.25) is 28.3 Å². The molecule has 17 heteroatoms. The van der Waals surface area contributed by atoms with E-state index in [2.05, 4.69) is 64.9 Å². The molecular formula is C51H54FN9O6S. The fraction of sp³-hybridized carbons (Fsp3) is 0.412.